The van der Waals surface area contributed by atoms with Crippen LogP contribution in [0.3, 0.4) is 0 Å². The summed E-state index contributed by atoms with van der Waals surface area (Å²) in [7, 11) is 0. The van der Waals surface area contributed by atoms with Gasteiger partial charge >= 0.3 is 0 Å². The Morgan fingerprint density at radius 3 is 2.86 bits per heavy atom. The fraction of sp³-hybridized carbons (Fsp3) is 0.600. The molecule has 3 aliphatic rings. The number of hydrazine groups is 1. The van der Waals surface area contributed by atoms with Crippen LogP contribution in [0.4, 0.5) is 0 Å². The largest absolute Gasteiger partial charge is 0.369 e. The van der Waals surface area contributed by atoms with Gasteiger partial charge < -0.3 is 5.73 Å². The highest BCUT2D eigenvalue weighted by Crippen LogP contribution is 2.29. The van der Waals surface area contributed by atoms with E-state index in [4.69, 9.17) is 11.5 Å². The molecule has 0 spiro atoms. The van der Waals surface area contributed by atoms with Crippen molar-refractivity contribution in [2.45, 2.75) is 50.5 Å². The first-order valence-electron chi connectivity index (χ1n) is 8.04. The molecule has 4 rings (SSSR count). The van der Waals surface area contributed by atoms with Crippen molar-refractivity contribution in [3.8, 4) is 0 Å². The summed E-state index contributed by atoms with van der Waals surface area (Å²) >= 11 is 0. The van der Waals surface area contributed by atoms with Crippen molar-refractivity contribution < 1.29 is 0 Å². The molecule has 0 radical (unpaired) electrons. The number of pyridine rings is 1. The van der Waals surface area contributed by atoms with Crippen LogP contribution in [0.1, 0.15) is 42.5 Å². The number of aromatic nitrogens is 1. The van der Waals surface area contributed by atoms with Crippen molar-refractivity contribution in [3.63, 3.8) is 0 Å². The molecule has 118 valence electrons. The second-order valence-electron chi connectivity index (χ2n) is 6.50. The molecule has 0 bridgehead atoms. The summed E-state index contributed by atoms with van der Waals surface area (Å²) in [6, 6.07) is 2.86. The Morgan fingerprint density at radius 2 is 2.14 bits per heavy atom. The molecule has 2 aliphatic heterocycles. The van der Waals surface area contributed by atoms with Gasteiger partial charge in [-0.2, -0.15) is 5.43 Å². The molecule has 1 aliphatic carbocycles. The van der Waals surface area contributed by atoms with Gasteiger partial charge in [0.25, 0.3) is 0 Å². The summed E-state index contributed by atoms with van der Waals surface area (Å²) in [4.78, 5) is 11.4. The Balaban J connectivity index is 1.60. The summed E-state index contributed by atoms with van der Waals surface area (Å²) in [5.74, 6) is -0.727. The van der Waals surface area contributed by atoms with E-state index >= 15 is 0 Å². The van der Waals surface area contributed by atoms with Crippen LogP contribution in [0.25, 0.3) is 0 Å². The average Bonchev–Trinajstić information content (AvgIpc) is 3.17. The summed E-state index contributed by atoms with van der Waals surface area (Å²) in [5, 5.41) is 0. The monoisotopic (exact) mass is 301 g/mol. The SMILES string of the molecule is NC1=NC(N)(c2cnc3c(c2)CN(C2CCCC2)CC3)NN1. The lowest BCUT2D eigenvalue weighted by Crippen LogP contribution is -2.50. The molecule has 0 amide bonds. The van der Waals surface area contributed by atoms with E-state index in [-0.39, 0.29) is 0 Å². The Bertz CT molecular complexity index is 608. The van der Waals surface area contributed by atoms with Crippen LogP contribution in [0, 0.1) is 0 Å². The molecule has 1 unspecified atom stereocenters. The molecule has 1 aromatic rings. The number of guanidine groups is 1. The van der Waals surface area contributed by atoms with Crippen LogP contribution in [0.2, 0.25) is 0 Å². The van der Waals surface area contributed by atoms with Crippen LogP contribution in [0.15, 0.2) is 17.3 Å². The molecule has 7 heteroatoms. The number of rotatable bonds is 2. The van der Waals surface area contributed by atoms with Gasteiger partial charge in [-0.25, -0.2) is 4.99 Å². The topological polar surface area (TPSA) is 105 Å². The first-order valence-corrected chi connectivity index (χ1v) is 8.04. The predicted octanol–water partition coefficient (Wildman–Crippen LogP) is -0.126. The molecule has 22 heavy (non-hydrogen) atoms. The number of hydrogen-bond donors (Lipinski definition) is 4. The number of hydrogen-bond acceptors (Lipinski definition) is 7. The zero-order valence-corrected chi connectivity index (χ0v) is 12.7. The molecule has 0 aromatic carbocycles. The minimum atomic E-state index is -1.03. The number of aliphatic imine (C=N–C) groups is 1. The van der Waals surface area contributed by atoms with Crippen LogP contribution in [-0.4, -0.2) is 28.4 Å². The highest BCUT2D eigenvalue weighted by molar-refractivity contribution is 5.79. The third-order valence-corrected chi connectivity index (χ3v) is 5.03. The minimum Gasteiger partial charge on any atom is -0.369 e. The molecule has 7 nitrogen and oxygen atoms in total. The quantitative estimate of drug-likeness (QED) is 0.607. The van der Waals surface area contributed by atoms with E-state index in [1.54, 1.807) is 6.20 Å². The lowest BCUT2D eigenvalue weighted by molar-refractivity contribution is 0.179. The number of nitrogens with zero attached hydrogens (tertiary/aromatic N) is 3. The fourth-order valence-corrected chi connectivity index (χ4v) is 3.78. The Morgan fingerprint density at radius 1 is 1.32 bits per heavy atom. The fourth-order valence-electron chi connectivity index (χ4n) is 3.78. The third-order valence-electron chi connectivity index (χ3n) is 5.03. The van der Waals surface area contributed by atoms with E-state index < -0.39 is 5.79 Å². The summed E-state index contributed by atoms with van der Waals surface area (Å²) < 4.78 is 0. The first-order chi connectivity index (χ1) is 10.6. The maximum atomic E-state index is 6.27. The average molecular weight is 301 g/mol. The molecule has 1 aromatic heterocycles. The first kappa shape index (κ1) is 13.9. The molecular weight excluding hydrogens is 278 g/mol. The van der Waals surface area contributed by atoms with Gasteiger partial charge in [0.05, 0.1) is 0 Å². The van der Waals surface area contributed by atoms with Gasteiger partial charge in [0, 0.05) is 43.0 Å². The second kappa shape index (κ2) is 5.19. The minimum absolute atomic E-state index is 0.299. The normalized spacial score (nSPS) is 29.2. The Hall–Kier alpha value is -1.70. The lowest BCUT2D eigenvalue weighted by atomic mass is 9.99. The highest BCUT2D eigenvalue weighted by atomic mass is 15.6. The van der Waals surface area contributed by atoms with Crippen molar-refractivity contribution in [1.29, 1.82) is 0 Å². The summed E-state index contributed by atoms with van der Waals surface area (Å²) in [6.45, 7) is 2.08. The van der Waals surface area contributed by atoms with Crippen molar-refractivity contribution in [2.75, 3.05) is 6.54 Å². The summed E-state index contributed by atoms with van der Waals surface area (Å²) in [5.41, 5.74) is 20.9. The van der Waals surface area contributed by atoms with E-state index in [9.17, 15) is 0 Å². The molecule has 1 fully saturated rings. The van der Waals surface area contributed by atoms with Crippen LogP contribution < -0.4 is 22.3 Å². The highest BCUT2D eigenvalue weighted by Gasteiger charge is 2.33. The predicted molar refractivity (Wildman–Crippen MR) is 84.4 cm³/mol. The number of nitrogens with one attached hydrogen (secondary N) is 2. The van der Waals surface area contributed by atoms with Crippen molar-refractivity contribution in [1.82, 2.24) is 20.7 Å². The second-order valence-corrected chi connectivity index (χ2v) is 6.50. The molecule has 6 N–H and O–H groups in total. The smallest absolute Gasteiger partial charge is 0.210 e. The molecule has 1 atom stereocenters. The maximum Gasteiger partial charge on any atom is 0.210 e. The van der Waals surface area contributed by atoms with Crippen molar-refractivity contribution in [3.05, 3.63) is 29.1 Å². The summed E-state index contributed by atoms with van der Waals surface area (Å²) in [6.07, 6.45) is 8.20. The third kappa shape index (κ3) is 2.35. The lowest BCUT2D eigenvalue weighted by Gasteiger charge is -2.33. The van der Waals surface area contributed by atoms with Crippen LogP contribution in [0.5, 0.6) is 0 Å². The van der Waals surface area contributed by atoms with E-state index in [0.717, 1.165) is 31.1 Å². The zero-order valence-electron chi connectivity index (χ0n) is 12.7. The van der Waals surface area contributed by atoms with Gasteiger partial charge in [0.2, 0.25) is 11.7 Å². The van der Waals surface area contributed by atoms with E-state index in [2.05, 4.69) is 31.8 Å². The van der Waals surface area contributed by atoms with Gasteiger partial charge in [-0.05, 0) is 24.5 Å². The standard InChI is InChI=1S/C15H23N7/c16-14-19-15(17,21-20-14)11-7-10-9-22(12-3-1-2-4-12)6-5-13(10)18-8-11/h7-8,12,21H,1-6,9,17H2,(H3,16,19,20). The van der Waals surface area contributed by atoms with Crippen LogP contribution >= 0.6 is 0 Å². The zero-order chi connectivity index (χ0) is 15.2. The van der Waals surface area contributed by atoms with Crippen molar-refractivity contribution in [2.24, 2.45) is 16.5 Å². The van der Waals surface area contributed by atoms with Gasteiger partial charge in [0.1, 0.15) is 0 Å². The number of fused-ring (bicyclic) bond motifs is 1. The molecular formula is C15H23N7. The van der Waals surface area contributed by atoms with Gasteiger partial charge in [-0.3, -0.25) is 21.0 Å². The van der Waals surface area contributed by atoms with Crippen LogP contribution in [-0.2, 0) is 18.8 Å². The Labute approximate surface area is 130 Å². The van der Waals surface area contributed by atoms with Gasteiger partial charge in [0.15, 0.2) is 0 Å². The van der Waals surface area contributed by atoms with Gasteiger partial charge in [-0.15, -0.1) is 0 Å². The van der Waals surface area contributed by atoms with E-state index in [1.165, 1.54) is 36.9 Å². The van der Waals surface area contributed by atoms with E-state index in [0.29, 0.717) is 5.96 Å². The van der Waals surface area contributed by atoms with E-state index in [1.807, 2.05) is 0 Å². The van der Waals surface area contributed by atoms with Crippen molar-refractivity contribution >= 4 is 5.96 Å². The molecule has 1 saturated carbocycles. The van der Waals surface area contributed by atoms with Gasteiger partial charge in [-0.1, -0.05) is 12.8 Å². The molecule has 0 saturated heterocycles. The Kier molecular flexibility index (Phi) is 3.28. The molecule has 3 heterocycles. The number of nitrogens with two attached hydrogens (primary N) is 2. The maximum absolute atomic E-state index is 6.27.